The summed E-state index contributed by atoms with van der Waals surface area (Å²) in [5.74, 6) is -0.0518. The molecule has 32 heavy (non-hydrogen) atoms. The molecule has 0 radical (unpaired) electrons. The van der Waals surface area contributed by atoms with E-state index in [2.05, 4.69) is 15.1 Å². The van der Waals surface area contributed by atoms with Gasteiger partial charge in [0, 0.05) is 48.7 Å². The molecule has 1 saturated heterocycles. The highest BCUT2D eigenvalue weighted by Gasteiger charge is 2.26. The zero-order chi connectivity index (χ0) is 22.3. The molecule has 0 aromatic heterocycles. The van der Waals surface area contributed by atoms with Crippen molar-refractivity contribution in [1.82, 2.24) is 4.90 Å². The van der Waals surface area contributed by atoms with Gasteiger partial charge >= 0.3 is 0 Å². The molecule has 1 aliphatic heterocycles. The normalized spacial score (nSPS) is 15.1. The Bertz CT molecular complexity index is 1030. The third kappa shape index (κ3) is 5.07. The highest BCUT2D eigenvalue weighted by Crippen LogP contribution is 2.25. The van der Waals surface area contributed by atoms with Crippen molar-refractivity contribution < 1.29 is 19.4 Å². The first-order valence-corrected chi connectivity index (χ1v) is 10.5. The monoisotopic (exact) mass is 431 g/mol. The molecule has 1 atom stereocenters. The van der Waals surface area contributed by atoms with E-state index in [0.717, 1.165) is 37.4 Å². The van der Waals surface area contributed by atoms with E-state index in [9.17, 15) is 14.7 Å². The number of hydrogen-bond donors (Lipinski definition) is 2. The molecule has 0 aliphatic carbocycles. The molecule has 4 rings (SSSR count). The molecule has 1 amide bonds. The number of hydrogen-bond acceptors (Lipinski definition) is 6. The van der Waals surface area contributed by atoms with E-state index in [4.69, 9.17) is 4.74 Å². The Hall–Kier alpha value is -3.84. The van der Waals surface area contributed by atoms with Crippen LogP contribution in [0.15, 0.2) is 78.9 Å². The van der Waals surface area contributed by atoms with Crippen LogP contribution in [0.25, 0.3) is 0 Å². The van der Waals surface area contributed by atoms with Gasteiger partial charge in [0.2, 0.25) is 0 Å². The number of piperazine rings is 1. The lowest BCUT2D eigenvalue weighted by Gasteiger charge is -2.39. The summed E-state index contributed by atoms with van der Waals surface area (Å²) in [7, 11) is 0. The van der Waals surface area contributed by atoms with Crippen molar-refractivity contribution in [3.8, 4) is 5.75 Å². The van der Waals surface area contributed by atoms with Crippen LogP contribution in [0.5, 0.6) is 5.75 Å². The van der Waals surface area contributed by atoms with Crippen LogP contribution in [0.4, 0.5) is 11.4 Å². The number of anilines is 2. The van der Waals surface area contributed by atoms with Crippen LogP contribution in [0, 0.1) is 0 Å². The van der Waals surface area contributed by atoms with Gasteiger partial charge in [-0.2, -0.15) is 0 Å². The van der Waals surface area contributed by atoms with Gasteiger partial charge < -0.3 is 20.1 Å². The fourth-order valence-corrected chi connectivity index (χ4v) is 3.83. The third-order valence-electron chi connectivity index (χ3n) is 5.53. The summed E-state index contributed by atoms with van der Waals surface area (Å²) >= 11 is 0. The smallest absolute Gasteiger partial charge is 0.294 e. The first-order valence-electron chi connectivity index (χ1n) is 10.5. The second-order valence-electron chi connectivity index (χ2n) is 7.57. The number of ether oxygens (including phenoxy) is 1. The topological polar surface area (TPSA) is 82.1 Å². The van der Waals surface area contributed by atoms with E-state index in [1.807, 2.05) is 42.5 Å². The van der Waals surface area contributed by atoms with Gasteiger partial charge in [-0.15, -0.1) is 0 Å². The molecule has 3 aromatic rings. The Kier molecular flexibility index (Phi) is 6.67. The fourth-order valence-electron chi connectivity index (χ4n) is 3.83. The fraction of sp³-hybridized carbons (Fsp3) is 0.200. The Balaban J connectivity index is 1.36. The van der Waals surface area contributed by atoms with E-state index in [1.165, 1.54) is 12.1 Å². The Morgan fingerprint density at radius 3 is 2.19 bits per heavy atom. The number of phenols is 1. The molecule has 164 valence electrons. The summed E-state index contributed by atoms with van der Waals surface area (Å²) < 4.78 is 5.37. The van der Waals surface area contributed by atoms with Gasteiger partial charge in [-0.3, -0.25) is 14.5 Å². The van der Waals surface area contributed by atoms with Crippen molar-refractivity contribution in [3.05, 3.63) is 90.0 Å². The summed E-state index contributed by atoms with van der Waals surface area (Å²) in [4.78, 5) is 27.9. The number of benzene rings is 3. The van der Waals surface area contributed by atoms with Crippen molar-refractivity contribution in [3.63, 3.8) is 0 Å². The van der Waals surface area contributed by atoms with Gasteiger partial charge in [0.15, 0.2) is 6.23 Å². The largest absolute Gasteiger partial charge is 0.508 e. The van der Waals surface area contributed by atoms with E-state index < -0.39 is 0 Å². The lowest BCUT2D eigenvalue weighted by Crippen LogP contribution is -2.48. The molecular weight excluding hydrogens is 406 g/mol. The molecule has 7 nitrogen and oxygen atoms in total. The highest BCUT2D eigenvalue weighted by molar-refractivity contribution is 6.04. The van der Waals surface area contributed by atoms with Gasteiger partial charge in [-0.25, -0.2) is 0 Å². The summed E-state index contributed by atoms with van der Waals surface area (Å²) in [6.45, 7) is 3.56. The van der Waals surface area contributed by atoms with Gasteiger partial charge in [0.25, 0.3) is 12.4 Å². The third-order valence-corrected chi connectivity index (χ3v) is 5.53. The van der Waals surface area contributed by atoms with Gasteiger partial charge in [-0.05, 0) is 48.5 Å². The van der Waals surface area contributed by atoms with Crippen molar-refractivity contribution in [2.24, 2.45) is 0 Å². The quantitative estimate of drug-likeness (QED) is 0.439. The standard InChI is InChI=1S/C25H25N3O4/c29-18-32-25(20-4-2-1-3-5-20)28-16-14-27(15-17-28)22-10-6-19(7-11-22)24(31)26-21-8-12-23(30)13-9-21/h1-13,18,25,30H,14-17H2,(H,26,31). The average Bonchev–Trinajstić information content (AvgIpc) is 2.85. The summed E-state index contributed by atoms with van der Waals surface area (Å²) in [5.41, 5.74) is 3.18. The Morgan fingerprint density at radius 1 is 0.906 bits per heavy atom. The van der Waals surface area contributed by atoms with Gasteiger partial charge in [0.1, 0.15) is 5.75 Å². The van der Waals surface area contributed by atoms with Gasteiger partial charge in [0.05, 0.1) is 0 Å². The second kappa shape index (κ2) is 9.98. The maximum Gasteiger partial charge on any atom is 0.294 e. The summed E-state index contributed by atoms with van der Waals surface area (Å²) in [6, 6.07) is 23.6. The van der Waals surface area contributed by atoms with Crippen molar-refractivity contribution in [1.29, 1.82) is 0 Å². The van der Waals surface area contributed by atoms with Crippen LogP contribution in [0.1, 0.15) is 22.1 Å². The number of rotatable bonds is 7. The van der Waals surface area contributed by atoms with Crippen molar-refractivity contribution in [2.75, 3.05) is 36.4 Å². The molecule has 1 heterocycles. The van der Waals surface area contributed by atoms with Gasteiger partial charge in [-0.1, -0.05) is 30.3 Å². The first-order chi connectivity index (χ1) is 15.6. The minimum atomic E-state index is -0.387. The molecule has 1 fully saturated rings. The number of carbonyl (C=O) groups is 2. The van der Waals surface area contributed by atoms with Crippen LogP contribution in [0.3, 0.4) is 0 Å². The zero-order valence-electron chi connectivity index (χ0n) is 17.6. The molecule has 1 aliphatic rings. The van der Waals surface area contributed by atoms with E-state index in [-0.39, 0.29) is 17.9 Å². The van der Waals surface area contributed by atoms with Crippen LogP contribution in [-0.2, 0) is 9.53 Å². The summed E-state index contributed by atoms with van der Waals surface area (Å²) in [6.07, 6.45) is -0.387. The van der Waals surface area contributed by atoms with Crippen LogP contribution in [-0.4, -0.2) is 48.6 Å². The predicted octanol–water partition coefficient (Wildman–Crippen LogP) is 3.64. The molecule has 3 aromatic carbocycles. The number of nitrogens with zero attached hydrogens (tertiary/aromatic N) is 2. The Labute approximate surface area is 186 Å². The summed E-state index contributed by atoms with van der Waals surface area (Å²) in [5, 5.41) is 12.2. The maximum atomic E-state index is 12.5. The molecule has 2 N–H and O–H groups in total. The van der Waals surface area contributed by atoms with E-state index in [0.29, 0.717) is 17.7 Å². The molecule has 0 bridgehead atoms. The van der Waals surface area contributed by atoms with E-state index >= 15 is 0 Å². The van der Waals surface area contributed by atoms with Crippen molar-refractivity contribution in [2.45, 2.75) is 6.23 Å². The lowest BCUT2D eigenvalue weighted by molar-refractivity contribution is -0.144. The molecule has 7 heteroatoms. The molecular formula is C25H25N3O4. The maximum absolute atomic E-state index is 12.5. The van der Waals surface area contributed by atoms with Crippen LogP contribution < -0.4 is 10.2 Å². The minimum absolute atomic E-state index is 0.153. The molecule has 1 unspecified atom stereocenters. The number of nitrogens with one attached hydrogen (secondary N) is 1. The number of carbonyl (C=O) groups excluding carboxylic acids is 2. The lowest BCUT2D eigenvalue weighted by atomic mass is 10.1. The van der Waals surface area contributed by atoms with E-state index in [1.54, 1.807) is 24.3 Å². The second-order valence-corrected chi connectivity index (χ2v) is 7.57. The average molecular weight is 431 g/mol. The van der Waals surface area contributed by atoms with Crippen LogP contribution in [0.2, 0.25) is 0 Å². The van der Waals surface area contributed by atoms with Crippen molar-refractivity contribution >= 4 is 23.8 Å². The highest BCUT2D eigenvalue weighted by atomic mass is 16.5. The predicted molar refractivity (Wildman–Crippen MR) is 123 cm³/mol. The van der Waals surface area contributed by atoms with Crippen LogP contribution >= 0.6 is 0 Å². The molecule has 0 spiro atoms. The SMILES string of the molecule is O=COC(c1ccccc1)N1CCN(c2ccc(C(=O)Nc3ccc(O)cc3)cc2)CC1. The number of aromatic hydroxyl groups is 1. The number of phenolic OH excluding ortho intramolecular Hbond substituents is 1. The zero-order valence-corrected chi connectivity index (χ0v) is 17.6. The molecule has 0 saturated carbocycles. The minimum Gasteiger partial charge on any atom is -0.508 e. The number of amides is 1. The first kappa shape index (κ1) is 21.4. The Morgan fingerprint density at radius 2 is 1.56 bits per heavy atom.